The summed E-state index contributed by atoms with van der Waals surface area (Å²) in [5.74, 6) is -0.111. The molecule has 1 aromatic carbocycles. The summed E-state index contributed by atoms with van der Waals surface area (Å²) in [5.41, 5.74) is 1.62. The first-order valence-electron chi connectivity index (χ1n) is 9.12. The first-order chi connectivity index (χ1) is 15.4. The zero-order chi connectivity index (χ0) is 22.6. The highest BCUT2D eigenvalue weighted by Crippen LogP contribution is 2.30. The number of hydrogen-bond acceptors (Lipinski definition) is 6. The van der Waals surface area contributed by atoms with Crippen LogP contribution in [0, 0.1) is 0 Å². The second-order valence-electron chi connectivity index (χ2n) is 6.56. The highest BCUT2D eigenvalue weighted by atomic mass is 19.4. The molecule has 0 aliphatic carbocycles. The van der Waals surface area contributed by atoms with Gasteiger partial charge in [-0.3, -0.25) is 9.78 Å². The monoisotopic (exact) mass is 441 g/mol. The quantitative estimate of drug-likeness (QED) is 0.467. The Morgan fingerprint density at radius 2 is 1.78 bits per heavy atom. The average Bonchev–Trinajstić information content (AvgIpc) is 3.21. The predicted octanol–water partition coefficient (Wildman–Crippen LogP) is 4.12. The van der Waals surface area contributed by atoms with Crippen LogP contribution in [-0.4, -0.2) is 26.3 Å². The van der Waals surface area contributed by atoms with Crippen LogP contribution in [0.2, 0.25) is 0 Å². The zero-order valence-corrected chi connectivity index (χ0v) is 16.2. The van der Waals surface area contributed by atoms with Gasteiger partial charge in [0.15, 0.2) is 11.3 Å². The summed E-state index contributed by atoms with van der Waals surface area (Å²) in [6.07, 6.45) is 3.43. The van der Waals surface area contributed by atoms with Gasteiger partial charge >= 0.3 is 6.18 Å². The largest absolute Gasteiger partial charge is 0.423 e. The van der Waals surface area contributed by atoms with Crippen LogP contribution in [0.4, 0.5) is 29.5 Å². The van der Waals surface area contributed by atoms with Crippen molar-refractivity contribution < 1.29 is 27.2 Å². The number of aromatic nitrogens is 5. The molecule has 0 saturated heterocycles. The third-order valence-corrected chi connectivity index (χ3v) is 4.22. The number of alkyl halides is 3. The van der Waals surface area contributed by atoms with Crippen LogP contribution in [0.15, 0.2) is 72.2 Å². The highest BCUT2D eigenvalue weighted by Gasteiger charge is 2.30. The van der Waals surface area contributed by atoms with Gasteiger partial charge in [0, 0.05) is 35.9 Å². The molecule has 32 heavy (non-hydrogen) atoms. The smallest absolute Gasteiger partial charge is 0.417 e. The van der Waals surface area contributed by atoms with Crippen molar-refractivity contribution in [2.75, 3.05) is 5.32 Å². The number of hydrogen-bond donors (Lipinski definition) is 1. The minimum Gasteiger partial charge on any atom is -0.423 e. The summed E-state index contributed by atoms with van der Waals surface area (Å²) in [5, 5.41) is 9.63. The Balaban J connectivity index is 1.35. The Labute approximate surface area is 178 Å². The standard InChI is InChI=1S/C20H14F3N7O2/c21-20(22,23)16-5-17(9-24-8-16)27-19(31)28-18-11-30(29-32-18)10-13-1-3-14(4-2-13)15-6-25-12-26-7-15/h1-9,11-12H,10H2,(H-,27,28,29,31). The van der Waals surface area contributed by atoms with Crippen LogP contribution < -0.4 is 10.00 Å². The van der Waals surface area contributed by atoms with Crippen LogP contribution in [-0.2, 0) is 12.7 Å². The van der Waals surface area contributed by atoms with Gasteiger partial charge in [0.05, 0.1) is 5.56 Å². The van der Waals surface area contributed by atoms with Gasteiger partial charge in [-0.15, -0.1) is 0 Å². The normalized spacial score (nSPS) is 11.2. The lowest BCUT2D eigenvalue weighted by molar-refractivity contribution is -0.754. The van der Waals surface area contributed by atoms with E-state index in [2.05, 4.69) is 30.9 Å². The van der Waals surface area contributed by atoms with Crippen molar-refractivity contribution in [3.63, 3.8) is 0 Å². The molecular weight excluding hydrogens is 427 g/mol. The molecule has 0 atom stereocenters. The SMILES string of the molecule is O=C([N-]c1c[n+](Cc2ccc(-c3cncnc3)cc2)no1)Nc1cncc(C(F)(F)F)c1. The van der Waals surface area contributed by atoms with Crippen LogP contribution in [0.25, 0.3) is 16.4 Å². The molecule has 3 heterocycles. The van der Waals surface area contributed by atoms with E-state index in [0.717, 1.165) is 29.0 Å². The Hall–Kier alpha value is -4.35. The number of amides is 2. The number of benzene rings is 1. The lowest BCUT2D eigenvalue weighted by Gasteiger charge is -2.14. The van der Waals surface area contributed by atoms with E-state index in [-0.39, 0.29) is 11.6 Å². The van der Waals surface area contributed by atoms with Gasteiger partial charge in [0.2, 0.25) is 18.6 Å². The lowest BCUT2D eigenvalue weighted by Crippen LogP contribution is -2.35. The summed E-state index contributed by atoms with van der Waals surface area (Å²) < 4.78 is 44.6. The number of nitrogens with one attached hydrogen (secondary N) is 1. The van der Waals surface area contributed by atoms with Gasteiger partial charge in [-0.1, -0.05) is 24.3 Å². The average molecular weight is 441 g/mol. The fourth-order valence-corrected chi connectivity index (χ4v) is 2.75. The lowest BCUT2D eigenvalue weighted by atomic mass is 10.1. The molecule has 4 rings (SSSR count). The van der Waals surface area contributed by atoms with Gasteiger partial charge < -0.3 is 15.2 Å². The number of halogens is 3. The van der Waals surface area contributed by atoms with Gasteiger partial charge in [-0.2, -0.15) is 13.2 Å². The van der Waals surface area contributed by atoms with Gasteiger partial charge in [0.1, 0.15) is 6.33 Å². The number of rotatable bonds is 5. The summed E-state index contributed by atoms with van der Waals surface area (Å²) in [6, 6.07) is 7.45. The van der Waals surface area contributed by atoms with Crippen molar-refractivity contribution in [1.29, 1.82) is 0 Å². The Kier molecular flexibility index (Phi) is 5.75. The third-order valence-electron chi connectivity index (χ3n) is 4.22. The van der Waals surface area contributed by atoms with E-state index in [9.17, 15) is 18.0 Å². The van der Waals surface area contributed by atoms with Crippen LogP contribution in [0.1, 0.15) is 11.1 Å². The topological polar surface area (TPSA) is 112 Å². The van der Waals surface area contributed by atoms with Gasteiger partial charge in [-0.25, -0.2) is 9.97 Å². The Morgan fingerprint density at radius 1 is 1.03 bits per heavy atom. The number of carbonyl (C=O) groups excluding carboxylic acids is 1. The molecule has 1 N–H and O–H groups in total. The first kappa shape index (κ1) is 20.9. The van der Waals surface area contributed by atoms with Crippen molar-refractivity contribution in [2.45, 2.75) is 12.7 Å². The fraction of sp³-hybridized carbons (Fsp3) is 0.100. The van der Waals surface area contributed by atoms with Crippen molar-refractivity contribution >= 4 is 17.6 Å². The maximum absolute atomic E-state index is 12.7. The minimum atomic E-state index is -4.57. The van der Waals surface area contributed by atoms with E-state index in [1.807, 2.05) is 24.3 Å². The van der Waals surface area contributed by atoms with Gasteiger partial charge in [-0.05, 0) is 22.0 Å². The Bertz CT molecular complexity index is 1210. The number of nitrogens with zero attached hydrogens (tertiary/aromatic N) is 6. The first-order valence-corrected chi connectivity index (χ1v) is 9.12. The molecule has 3 aromatic heterocycles. The van der Waals surface area contributed by atoms with E-state index in [1.165, 1.54) is 17.2 Å². The number of urea groups is 1. The summed E-state index contributed by atoms with van der Waals surface area (Å²) in [7, 11) is 0. The molecule has 4 aromatic rings. The number of anilines is 1. The van der Waals surface area contributed by atoms with Crippen LogP contribution in [0.3, 0.4) is 0 Å². The van der Waals surface area contributed by atoms with E-state index >= 15 is 0 Å². The van der Waals surface area contributed by atoms with Crippen molar-refractivity contribution in [3.8, 4) is 11.1 Å². The molecular formula is C20H14F3N7O2. The summed E-state index contributed by atoms with van der Waals surface area (Å²) in [6.45, 7) is 0.351. The molecule has 0 fully saturated rings. The van der Waals surface area contributed by atoms with E-state index in [4.69, 9.17) is 4.52 Å². The molecule has 0 bridgehead atoms. The van der Waals surface area contributed by atoms with Crippen molar-refractivity contribution in [3.05, 3.63) is 84.1 Å². The van der Waals surface area contributed by atoms with E-state index in [1.54, 1.807) is 12.4 Å². The molecule has 0 radical (unpaired) electrons. The highest BCUT2D eigenvalue weighted by molar-refractivity contribution is 6.03. The molecule has 0 saturated carbocycles. The number of pyridine rings is 1. The van der Waals surface area contributed by atoms with E-state index < -0.39 is 17.8 Å². The second-order valence-corrected chi connectivity index (χ2v) is 6.56. The third kappa shape index (κ3) is 5.22. The molecule has 0 unspecified atom stereocenters. The van der Waals surface area contributed by atoms with Crippen LogP contribution in [0.5, 0.6) is 0 Å². The molecule has 2 amide bonds. The Morgan fingerprint density at radius 3 is 2.50 bits per heavy atom. The molecule has 0 spiro atoms. The van der Waals surface area contributed by atoms with Crippen molar-refractivity contribution in [1.82, 2.24) is 20.2 Å². The summed E-state index contributed by atoms with van der Waals surface area (Å²) in [4.78, 5) is 23.4. The zero-order valence-electron chi connectivity index (χ0n) is 16.2. The maximum atomic E-state index is 12.7. The fourth-order valence-electron chi connectivity index (χ4n) is 2.75. The van der Waals surface area contributed by atoms with Crippen LogP contribution >= 0.6 is 0 Å². The second kappa shape index (κ2) is 8.79. The van der Waals surface area contributed by atoms with E-state index in [0.29, 0.717) is 12.7 Å². The molecule has 162 valence electrons. The van der Waals surface area contributed by atoms with Gasteiger partial charge in [0.25, 0.3) is 0 Å². The minimum absolute atomic E-state index is 0.111. The molecule has 12 heteroatoms. The predicted molar refractivity (Wildman–Crippen MR) is 105 cm³/mol. The van der Waals surface area contributed by atoms with Crippen molar-refractivity contribution in [2.24, 2.45) is 0 Å². The maximum Gasteiger partial charge on any atom is 0.417 e. The molecule has 0 aliphatic rings. The molecule has 9 nitrogen and oxygen atoms in total. The molecule has 0 aliphatic heterocycles. The summed E-state index contributed by atoms with van der Waals surface area (Å²) >= 11 is 0. The number of carbonyl (C=O) groups is 1.